The number of aryl methyl sites for hydroxylation is 1. The summed E-state index contributed by atoms with van der Waals surface area (Å²) in [5.74, 6) is 2.03. The molecule has 0 aromatic heterocycles. The van der Waals surface area contributed by atoms with Crippen molar-refractivity contribution in [3.05, 3.63) is 29.3 Å². The topological polar surface area (TPSA) is 35.2 Å². The van der Waals surface area contributed by atoms with Crippen LogP contribution in [0.3, 0.4) is 0 Å². The van der Waals surface area contributed by atoms with Gasteiger partial charge in [-0.2, -0.15) is 11.8 Å². The van der Waals surface area contributed by atoms with Crippen molar-refractivity contribution in [2.75, 3.05) is 12.9 Å². The van der Waals surface area contributed by atoms with Gasteiger partial charge >= 0.3 is 0 Å². The number of methoxy groups -OCH3 is 1. The molecule has 2 nitrogen and oxygen atoms in total. The second kappa shape index (κ2) is 3.83. The Kier molecular flexibility index (Phi) is 2.70. The molecule has 1 aromatic carbocycles. The maximum absolute atomic E-state index is 5.92. The summed E-state index contributed by atoms with van der Waals surface area (Å²) in [6.07, 6.45) is 0. The van der Waals surface area contributed by atoms with Crippen molar-refractivity contribution in [2.45, 2.75) is 18.2 Å². The summed E-state index contributed by atoms with van der Waals surface area (Å²) in [6, 6.07) is 6.64. The standard InChI is InChI=1S/C11H15NOS/c1-7-5-8(3-4-10(7)13-2)11-9(12)6-14-11/h3-5,9,11H,6,12H2,1-2H3. The van der Waals surface area contributed by atoms with Crippen molar-refractivity contribution in [1.82, 2.24) is 0 Å². The molecule has 2 unspecified atom stereocenters. The maximum atomic E-state index is 5.92. The first-order valence-electron chi connectivity index (χ1n) is 4.74. The summed E-state index contributed by atoms with van der Waals surface area (Å²) in [6.45, 7) is 2.07. The number of ether oxygens (including phenoxy) is 1. The highest BCUT2D eigenvalue weighted by atomic mass is 32.2. The Labute approximate surface area is 88.8 Å². The lowest BCUT2D eigenvalue weighted by Crippen LogP contribution is -2.37. The minimum Gasteiger partial charge on any atom is -0.496 e. The van der Waals surface area contributed by atoms with E-state index in [9.17, 15) is 0 Å². The second-order valence-electron chi connectivity index (χ2n) is 3.65. The first-order chi connectivity index (χ1) is 6.72. The molecule has 1 aliphatic rings. The molecule has 1 heterocycles. The zero-order valence-electron chi connectivity index (χ0n) is 8.49. The fourth-order valence-corrected chi connectivity index (χ4v) is 2.67. The number of hydrogen-bond acceptors (Lipinski definition) is 3. The summed E-state index contributed by atoms with van der Waals surface area (Å²) in [7, 11) is 1.70. The predicted molar refractivity (Wildman–Crippen MR) is 60.9 cm³/mol. The maximum Gasteiger partial charge on any atom is 0.121 e. The number of hydrogen-bond donors (Lipinski definition) is 1. The Bertz CT molecular complexity index is 340. The lowest BCUT2D eigenvalue weighted by atomic mass is 10.0. The van der Waals surface area contributed by atoms with Crippen LogP contribution in [0, 0.1) is 6.92 Å². The minimum absolute atomic E-state index is 0.327. The lowest BCUT2D eigenvalue weighted by molar-refractivity contribution is 0.411. The van der Waals surface area contributed by atoms with Crippen LogP contribution in [-0.4, -0.2) is 18.9 Å². The molecular formula is C11H15NOS. The van der Waals surface area contributed by atoms with E-state index in [0.29, 0.717) is 11.3 Å². The van der Waals surface area contributed by atoms with Crippen molar-refractivity contribution in [3.8, 4) is 5.75 Å². The van der Waals surface area contributed by atoms with E-state index in [1.165, 1.54) is 11.1 Å². The first kappa shape index (κ1) is 9.87. The third-order valence-electron chi connectivity index (χ3n) is 2.60. The lowest BCUT2D eigenvalue weighted by Gasteiger charge is -2.33. The number of nitrogens with two attached hydrogens (primary N) is 1. The molecule has 76 valence electrons. The number of thioether (sulfide) groups is 1. The fourth-order valence-electron chi connectivity index (χ4n) is 1.73. The van der Waals surface area contributed by atoms with Gasteiger partial charge in [0.2, 0.25) is 0 Å². The average Bonchev–Trinajstić information content (AvgIpc) is 2.16. The molecular weight excluding hydrogens is 194 g/mol. The van der Waals surface area contributed by atoms with Gasteiger partial charge in [0.25, 0.3) is 0 Å². The van der Waals surface area contributed by atoms with Crippen molar-refractivity contribution < 1.29 is 4.74 Å². The van der Waals surface area contributed by atoms with Gasteiger partial charge in [0.1, 0.15) is 5.75 Å². The van der Waals surface area contributed by atoms with E-state index < -0.39 is 0 Å². The van der Waals surface area contributed by atoms with Crippen molar-refractivity contribution in [1.29, 1.82) is 0 Å². The van der Waals surface area contributed by atoms with Crippen LogP contribution in [0.2, 0.25) is 0 Å². The fraction of sp³-hybridized carbons (Fsp3) is 0.455. The van der Waals surface area contributed by atoms with Crippen molar-refractivity contribution >= 4 is 11.8 Å². The average molecular weight is 209 g/mol. The van der Waals surface area contributed by atoms with Gasteiger partial charge in [0.15, 0.2) is 0 Å². The predicted octanol–water partition coefficient (Wildman–Crippen LogP) is 2.12. The van der Waals surface area contributed by atoms with Crippen LogP contribution >= 0.6 is 11.8 Å². The van der Waals surface area contributed by atoms with Gasteiger partial charge in [0.05, 0.1) is 7.11 Å². The van der Waals surface area contributed by atoms with Gasteiger partial charge in [-0.3, -0.25) is 0 Å². The smallest absolute Gasteiger partial charge is 0.121 e. The molecule has 3 heteroatoms. The minimum atomic E-state index is 0.327. The van der Waals surface area contributed by atoms with Gasteiger partial charge in [-0.15, -0.1) is 0 Å². The van der Waals surface area contributed by atoms with E-state index in [-0.39, 0.29) is 0 Å². The molecule has 2 atom stereocenters. The zero-order valence-corrected chi connectivity index (χ0v) is 9.30. The SMILES string of the molecule is COc1ccc(C2SCC2N)cc1C. The van der Waals surface area contributed by atoms with Crippen LogP contribution < -0.4 is 10.5 Å². The summed E-state index contributed by atoms with van der Waals surface area (Å²) in [5, 5.41) is 0.486. The van der Waals surface area contributed by atoms with Crippen LogP contribution in [-0.2, 0) is 0 Å². The van der Waals surface area contributed by atoms with Gasteiger partial charge in [-0.25, -0.2) is 0 Å². The quantitative estimate of drug-likeness (QED) is 0.810. The Morgan fingerprint density at radius 3 is 2.71 bits per heavy atom. The molecule has 1 aromatic rings. The van der Waals surface area contributed by atoms with Gasteiger partial charge in [0, 0.05) is 17.0 Å². The Balaban J connectivity index is 2.24. The molecule has 1 fully saturated rings. The van der Waals surface area contributed by atoms with E-state index in [0.717, 1.165) is 11.5 Å². The Morgan fingerprint density at radius 1 is 1.50 bits per heavy atom. The highest BCUT2D eigenvalue weighted by Crippen LogP contribution is 2.42. The molecule has 1 aliphatic heterocycles. The molecule has 0 amide bonds. The highest BCUT2D eigenvalue weighted by molar-refractivity contribution is 8.01. The zero-order chi connectivity index (χ0) is 10.1. The molecule has 0 radical (unpaired) electrons. The third kappa shape index (κ3) is 1.62. The number of benzene rings is 1. The molecule has 2 rings (SSSR count). The van der Waals surface area contributed by atoms with E-state index in [2.05, 4.69) is 19.1 Å². The molecule has 0 saturated carbocycles. The van der Waals surface area contributed by atoms with Crippen LogP contribution in [0.4, 0.5) is 0 Å². The van der Waals surface area contributed by atoms with E-state index in [1.807, 2.05) is 17.8 Å². The molecule has 0 aliphatic carbocycles. The van der Waals surface area contributed by atoms with E-state index in [4.69, 9.17) is 10.5 Å². The van der Waals surface area contributed by atoms with E-state index in [1.54, 1.807) is 7.11 Å². The van der Waals surface area contributed by atoms with Gasteiger partial charge < -0.3 is 10.5 Å². The summed E-state index contributed by atoms with van der Waals surface area (Å²) >= 11 is 1.92. The van der Waals surface area contributed by atoms with Crippen LogP contribution in [0.5, 0.6) is 5.75 Å². The van der Waals surface area contributed by atoms with Gasteiger partial charge in [-0.05, 0) is 24.1 Å². The van der Waals surface area contributed by atoms with Crippen LogP contribution in [0.25, 0.3) is 0 Å². The van der Waals surface area contributed by atoms with Crippen molar-refractivity contribution in [3.63, 3.8) is 0 Å². The summed E-state index contributed by atoms with van der Waals surface area (Å²) in [4.78, 5) is 0. The normalized spacial score (nSPS) is 25.6. The molecule has 14 heavy (non-hydrogen) atoms. The molecule has 0 bridgehead atoms. The number of rotatable bonds is 2. The summed E-state index contributed by atoms with van der Waals surface area (Å²) < 4.78 is 5.22. The Morgan fingerprint density at radius 2 is 2.29 bits per heavy atom. The molecule has 0 spiro atoms. The third-order valence-corrected chi connectivity index (χ3v) is 4.16. The molecule has 1 saturated heterocycles. The highest BCUT2D eigenvalue weighted by Gasteiger charge is 2.29. The second-order valence-corrected chi connectivity index (χ2v) is 4.82. The van der Waals surface area contributed by atoms with Crippen molar-refractivity contribution in [2.24, 2.45) is 5.73 Å². The Hall–Kier alpha value is -0.670. The van der Waals surface area contributed by atoms with Crippen LogP contribution in [0.1, 0.15) is 16.4 Å². The summed E-state index contributed by atoms with van der Waals surface area (Å²) in [5.41, 5.74) is 8.43. The van der Waals surface area contributed by atoms with Gasteiger partial charge in [-0.1, -0.05) is 12.1 Å². The first-order valence-corrected chi connectivity index (χ1v) is 5.79. The van der Waals surface area contributed by atoms with E-state index >= 15 is 0 Å². The monoisotopic (exact) mass is 209 g/mol. The largest absolute Gasteiger partial charge is 0.496 e. The molecule has 2 N–H and O–H groups in total. The van der Waals surface area contributed by atoms with Crippen LogP contribution in [0.15, 0.2) is 18.2 Å².